The van der Waals surface area contributed by atoms with Crippen molar-refractivity contribution in [2.24, 2.45) is 0 Å². The summed E-state index contributed by atoms with van der Waals surface area (Å²) in [6, 6.07) is 69.1. The smallest absolute Gasteiger partial charge is 0.171 e. The molecule has 0 radical (unpaired) electrons. The maximum Gasteiger partial charge on any atom is 0.171 e. The Hall–Kier alpha value is -7.05. The predicted octanol–water partition coefficient (Wildman–Crippen LogP) is 15.0. The summed E-state index contributed by atoms with van der Waals surface area (Å²) in [5.41, 5.74) is 7.19. The summed E-state index contributed by atoms with van der Waals surface area (Å²) in [5, 5.41) is 14.1. The summed E-state index contributed by atoms with van der Waals surface area (Å²) in [6.45, 7) is 7.92. The fourth-order valence-electron chi connectivity index (χ4n) is 8.94. The number of rotatable bonds is 8. The number of hydrogen-bond donors (Lipinski definition) is 0. The van der Waals surface area contributed by atoms with Crippen molar-refractivity contribution < 1.29 is 4.57 Å². The van der Waals surface area contributed by atoms with E-state index in [-0.39, 0.29) is 0 Å². The minimum atomic E-state index is -3.20. The van der Waals surface area contributed by atoms with Gasteiger partial charge in [0.05, 0.1) is 0 Å². The SMILES string of the molecule is C=C/C=C(\C=C)P(=O)(c1ccccc1)c1ccc2cc(-c3ccc4c(-c5cccc6ccccc56)c5ccccc5c(-c5cccc6ccccc56)c4c3)ccc2c1. The Labute approximate surface area is 338 Å². The lowest BCUT2D eigenvalue weighted by Gasteiger charge is -2.21. The van der Waals surface area contributed by atoms with Crippen molar-refractivity contribution in [1.29, 1.82) is 0 Å². The van der Waals surface area contributed by atoms with Gasteiger partial charge in [0.1, 0.15) is 0 Å². The van der Waals surface area contributed by atoms with Crippen LogP contribution in [0.3, 0.4) is 0 Å². The summed E-state index contributed by atoms with van der Waals surface area (Å²) in [7, 11) is -3.20. The first-order valence-corrected chi connectivity index (χ1v) is 21.4. The molecule has 1 nitrogen and oxygen atoms in total. The molecule has 0 aliphatic carbocycles. The topological polar surface area (TPSA) is 17.1 Å². The highest BCUT2D eigenvalue weighted by atomic mass is 31.2. The van der Waals surface area contributed by atoms with Gasteiger partial charge in [0, 0.05) is 15.9 Å². The fourth-order valence-corrected chi connectivity index (χ4v) is 11.6. The molecule has 2 heteroatoms. The number of hydrogen-bond acceptors (Lipinski definition) is 1. The van der Waals surface area contributed by atoms with Crippen LogP contribution in [-0.2, 0) is 4.57 Å². The Morgan fingerprint density at radius 2 is 0.897 bits per heavy atom. The van der Waals surface area contributed by atoms with Gasteiger partial charge in [0.25, 0.3) is 0 Å². The molecule has 0 saturated carbocycles. The van der Waals surface area contributed by atoms with E-state index in [0.29, 0.717) is 5.31 Å². The zero-order valence-corrected chi connectivity index (χ0v) is 32.9. The van der Waals surface area contributed by atoms with Gasteiger partial charge in [-0.05, 0) is 105 Å². The molecule has 0 aliphatic rings. The van der Waals surface area contributed by atoms with Gasteiger partial charge in [-0.2, -0.15) is 0 Å². The minimum absolute atomic E-state index is 0.665. The first kappa shape index (κ1) is 35.4. The molecule has 0 heterocycles. The summed E-state index contributed by atoms with van der Waals surface area (Å²) in [4.78, 5) is 0. The lowest BCUT2D eigenvalue weighted by atomic mass is 9.83. The first-order valence-electron chi connectivity index (χ1n) is 19.7. The van der Waals surface area contributed by atoms with Gasteiger partial charge in [-0.3, -0.25) is 0 Å². The quantitative estimate of drug-likeness (QED) is 0.0857. The van der Waals surface area contributed by atoms with Crippen LogP contribution in [0.1, 0.15) is 0 Å². The van der Waals surface area contributed by atoms with E-state index in [9.17, 15) is 0 Å². The molecule has 0 fully saturated rings. The highest BCUT2D eigenvalue weighted by Crippen LogP contribution is 2.53. The Morgan fingerprint density at radius 1 is 0.397 bits per heavy atom. The van der Waals surface area contributed by atoms with E-state index in [2.05, 4.69) is 171 Å². The van der Waals surface area contributed by atoms with Crippen LogP contribution in [0.4, 0.5) is 0 Å². The average molecular weight is 759 g/mol. The standard InChI is InChI=1S/C56H39OP/c1-3-16-44(4-2)58(57,45-21-6-5-7-22-45)46-33-31-41-35-40(29-30-42(41)36-46)43-32-34-53-54(37-43)56(50-28-15-20-39-18-9-11-24-48(39)50)52-26-13-12-25-51(52)55(53)49-27-14-19-38-17-8-10-23-47(38)49/h3-37H,1-2H2/b44-16+. The lowest BCUT2D eigenvalue weighted by Crippen LogP contribution is -2.17. The summed E-state index contributed by atoms with van der Waals surface area (Å²) in [6.07, 6.45) is 5.20. The van der Waals surface area contributed by atoms with Gasteiger partial charge in [0.2, 0.25) is 0 Å². The van der Waals surface area contributed by atoms with Crippen molar-refractivity contribution in [3.63, 3.8) is 0 Å². The number of benzene rings is 10. The molecule has 0 spiro atoms. The molecule has 58 heavy (non-hydrogen) atoms. The van der Waals surface area contributed by atoms with Crippen molar-refractivity contribution in [3.05, 3.63) is 231 Å². The van der Waals surface area contributed by atoms with Crippen LogP contribution in [0, 0.1) is 0 Å². The molecule has 10 aromatic carbocycles. The molecule has 0 N–H and O–H groups in total. The normalized spacial score (nSPS) is 12.9. The first-order chi connectivity index (χ1) is 28.6. The van der Waals surface area contributed by atoms with Crippen LogP contribution in [0.5, 0.6) is 0 Å². The molecular weight excluding hydrogens is 720 g/mol. The molecule has 0 aromatic heterocycles. The van der Waals surface area contributed by atoms with E-state index in [1.54, 1.807) is 12.2 Å². The molecule has 0 saturated heterocycles. The summed E-state index contributed by atoms with van der Waals surface area (Å²) >= 11 is 0. The Kier molecular flexibility index (Phi) is 8.82. The van der Waals surface area contributed by atoms with Crippen molar-refractivity contribution >= 4 is 71.6 Å². The van der Waals surface area contributed by atoms with E-state index in [0.717, 1.165) is 32.5 Å². The monoisotopic (exact) mass is 758 g/mol. The Bertz CT molecular complexity index is 3340. The second-order valence-corrected chi connectivity index (χ2v) is 17.6. The average Bonchev–Trinajstić information content (AvgIpc) is 3.29. The van der Waals surface area contributed by atoms with Crippen LogP contribution in [0.25, 0.3) is 87.2 Å². The lowest BCUT2D eigenvalue weighted by molar-refractivity contribution is 0.591. The van der Waals surface area contributed by atoms with Crippen LogP contribution in [-0.4, -0.2) is 0 Å². The number of fused-ring (bicyclic) bond motifs is 5. The molecule has 10 rings (SSSR count). The van der Waals surface area contributed by atoms with Crippen LogP contribution < -0.4 is 10.6 Å². The fraction of sp³-hybridized carbons (Fsp3) is 0. The third kappa shape index (κ3) is 5.75. The molecular formula is C56H39OP. The van der Waals surface area contributed by atoms with Crippen LogP contribution in [0.15, 0.2) is 231 Å². The molecule has 0 bridgehead atoms. The second-order valence-electron chi connectivity index (χ2n) is 14.8. The van der Waals surface area contributed by atoms with Crippen molar-refractivity contribution in [2.75, 3.05) is 0 Å². The predicted molar refractivity (Wildman–Crippen MR) is 252 cm³/mol. The van der Waals surface area contributed by atoms with Crippen molar-refractivity contribution in [3.8, 4) is 33.4 Å². The van der Waals surface area contributed by atoms with Crippen molar-refractivity contribution in [1.82, 2.24) is 0 Å². The third-order valence-electron chi connectivity index (χ3n) is 11.6. The summed E-state index contributed by atoms with van der Waals surface area (Å²) < 4.78 is 15.1. The van der Waals surface area contributed by atoms with E-state index in [4.69, 9.17) is 0 Å². The van der Waals surface area contributed by atoms with Crippen LogP contribution >= 0.6 is 7.14 Å². The minimum Gasteiger partial charge on any atom is -0.309 e. The van der Waals surface area contributed by atoms with Crippen molar-refractivity contribution in [2.45, 2.75) is 0 Å². The second kappa shape index (κ2) is 14.5. The Morgan fingerprint density at radius 3 is 1.53 bits per heavy atom. The zero-order chi connectivity index (χ0) is 39.2. The largest absolute Gasteiger partial charge is 0.309 e. The van der Waals surface area contributed by atoms with E-state index < -0.39 is 7.14 Å². The zero-order valence-electron chi connectivity index (χ0n) is 32.0. The highest BCUT2D eigenvalue weighted by molar-refractivity contribution is 7.82. The Balaban J connectivity index is 1.21. The van der Waals surface area contributed by atoms with E-state index in [1.165, 1.54) is 65.3 Å². The number of allylic oxidation sites excluding steroid dienone is 4. The molecule has 274 valence electrons. The van der Waals surface area contributed by atoms with Gasteiger partial charge >= 0.3 is 0 Å². The van der Waals surface area contributed by atoms with Crippen LogP contribution in [0.2, 0.25) is 0 Å². The molecule has 1 unspecified atom stereocenters. The van der Waals surface area contributed by atoms with Gasteiger partial charge in [-0.15, -0.1) is 0 Å². The molecule has 1 atom stereocenters. The molecule has 0 amide bonds. The maximum absolute atomic E-state index is 15.1. The summed E-state index contributed by atoms with van der Waals surface area (Å²) in [5.74, 6) is 0. The van der Waals surface area contributed by atoms with Gasteiger partial charge < -0.3 is 4.57 Å². The van der Waals surface area contributed by atoms with E-state index in [1.807, 2.05) is 42.5 Å². The third-order valence-corrected chi connectivity index (χ3v) is 14.7. The van der Waals surface area contributed by atoms with Gasteiger partial charge in [0.15, 0.2) is 7.14 Å². The maximum atomic E-state index is 15.1. The van der Waals surface area contributed by atoms with Gasteiger partial charge in [-0.25, -0.2) is 0 Å². The molecule has 10 aromatic rings. The molecule has 0 aliphatic heterocycles. The van der Waals surface area contributed by atoms with E-state index >= 15 is 4.57 Å². The van der Waals surface area contributed by atoms with Gasteiger partial charge in [-0.1, -0.05) is 207 Å². The highest BCUT2D eigenvalue weighted by Gasteiger charge is 2.30.